The lowest BCUT2D eigenvalue weighted by Crippen LogP contribution is -2.16. The zero-order chi connectivity index (χ0) is 13.4. The molecule has 1 aromatic rings. The Kier molecular flexibility index (Phi) is 6.36. The summed E-state index contributed by atoms with van der Waals surface area (Å²) in [5.41, 5.74) is 2.58. The maximum atomic E-state index is 10.2. The topological polar surface area (TPSA) is 50.7 Å². The molecular formula is C12H18NO3PS. The van der Waals surface area contributed by atoms with Crippen LogP contribution in [-0.2, 0) is 21.2 Å². The van der Waals surface area contributed by atoms with Gasteiger partial charge in [-0.2, -0.15) is 0 Å². The number of rotatable bonds is 7. The summed E-state index contributed by atoms with van der Waals surface area (Å²) in [5.74, 6) is 0.356. The van der Waals surface area contributed by atoms with Crippen molar-refractivity contribution < 1.29 is 14.3 Å². The van der Waals surface area contributed by atoms with Crippen LogP contribution >= 0.6 is 6.49 Å². The first kappa shape index (κ1) is 15.2. The van der Waals surface area contributed by atoms with Gasteiger partial charge in [-0.3, -0.25) is 4.84 Å². The predicted octanol–water partition coefficient (Wildman–Crippen LogP) is 2.42. The molecule has 0 heterocycles. The second kappa shape index (κ2) is 7.54. The summed E-state index contributed by atoms with van der Waals surface area (Å²) in [5, 5.41) is 0.611. The lowest BCUT2D eigenvalue weighted by molar-refractivity contribution is 0.0838. The molecule has 18 heavy (non-hydrogen) atoms. The minimum Gasteiger partial charge on any atom is -0.423 e. The monoisotopic (exact) mass is 287 g/mol. The van der Waals surface area contributed by atoms with E-state index in [9.17, 15) is 4.89 Å². The Labute approximate surface area is 113 Å². The number of benzene rings is 1. The summed E-state index contributed by atoms with van der Waals surface area (Å²) in [6.45, 7) is -1.000. The van der Waals surface area contributed by atoms with Crippen LogP contribution in [0.2, 0.25) is 0 Å². The third kappa shape index (κ3) is 4.78. The van der Waals surface area contributed by atoms with Crippen LogP contribution in [0, 0.1) is 0 Å². The fourth-order valence-corrected chi connectivity index (χ4v) is 2.91. The van der Waals surface area contributed by atoms with Crippen LogP contribution in [0.3, 0.4) is 0 Å². The van der Waals surface area contributed by atoms with Crippen LogP contribution in [0.15, 0.2) is 42.3 Å². The maximum absolute atomic E-state index is 10.2. The van der Waals surface area contributed by atoms with E-state index in [-0.39, 0.29) is 0 Å². The van der Waals surface area contributed by atoms with Crippen LogP contribution in [0.1, 0.15) is 19.8 Å². The van der Waals surface area contributed by atoms with Crippen molar-refractivity contribution in [3.05, 3.63) is 42.3 Å². The quantitative estimate of drug-likeness (QED) is 0.458. The van der Waals surface area contributed by atoms with Crippen LogP contribution in [-0.4, -0.2) is 12.0 Å². The van der Waals surface area contributed by atoms with Crippen molar-refractivity contribution in [2.24, 2.45) is 0 Å². The van der Waals surface area contributed by atoms with Crippen molar-refractivity contribution in [2.75, 3.05) is 7.11 Å². The van der Waals surface area contributed by atoms with Crippen molar-refractivity contribution in [2.45, 2.75) is 19.8 Å². The van der Waals surface area contributed by atoms with E-state index in [4.69, 9.17) is 21.2 Å². The van der Waals surface area contributed by atoms with Crippen LogP contribution in [0.5, 0.6) is 0 Å². The van der Waals surface area contributed by atoms with Gasteiger partial charge in [0.25, 0.3) is 6.49 Å². The van der Waals surface area contributed by atoms with E-state index in [1.165, 1.54) is 7.11 Å². The number of hydroxylamine groups is 1. The van der Waals surface area contributed by atoms with Crippen molar-refractivity contribution in [3.63, 3.8) is 0 Å². The molecule has 0 aliphatic rings. The molecular weight excluding hydrogens is 269 g/mol. The van der Waals surface area contributed by atoms with Gasteiger partial charge in [-0.05, 0) is 36.4 Å². The van der Waals surface area contributed by atoms with Crippen molar-refractivity contribution in [1.29, 1.82) is 0 Å². The molecule has 1 rings (SSSR count). The van der Waals surface area contributed by atoms with E-state index in [0.29, 0.717) is 11.2 Å². The normalized spacial score (nSPS) is 14.9. The summed E-state index contributed by atoms with van der Waals surface area (Å²) in [7, 11) is 1.48. The molecule has 0 aliphatic heterocycles. The molecule has 6 heteroatoms. The van der Waals surface area contributed by atoms with Gasteiger partial charge in [-0.15, -0.1) is 0 Å². The van der Waals surface area contributed by atoms with E-state index >= 15 is 0 Å². The molecule has 0 fully saturated rings. The summed E-state index contributed by atoms with van der Waals surface area (Å²) in [6, 6.07) is 9.00. The number of allylic oxidation sites excluding steroid dienone is 1. The van der Waals surface area contributed by atoms with Gasteiger partial charge in [-0.1, -0.05) is 31.5 Å². The van der Waals surface area contributed by atoms with Gasteiger partial charge in [0.05, 0.1) is 7.11 Å². The molecule has 0 saturated heterocycles. The Hall–Kier alpha value is -0.870. The van der Waals surface area contributed by atoms with Crippen molar-refractivity contribution >= 4 is 23.6 Å². The minimum atomic E-state index is -3.05. The van der Waals surface area contributed by atoms with Crippen LogP contribution in [0.4, 0.5) is 0 Å². The lowest BCUT2D eigenvalue weighted by Gasteiger charge is -2.19. The van der Waals surface area contributed by atoms with Crippen LogP contribution < -0.4 is 10.8 Å². The Morgan fingerprint density at radius 2 is 2.11 bits per heavy atom. The standard InChI is InChI=1S/C12H18NO3PS/c1-3-4-10-12(13-15-2)16-17(14,18)11-8-6-5-7-9-11/h5-10,13H,3-4H2,1-2H3,(H,14,18). The van der Waals surface area contributed by atoms with Gasteiger partial charge in [-0.25, -0.2) is 5.48 Å². The molecule has 1 unspecified atom stereocenters. The maximum Gasteiger partial charge on any atom is 0.267 e. The molecule has 0 amide bonds. The summed E-state index contributed by atoms with van der Waals surface area (Å²) < 4.78 is 5.47. The van der Waals surface area contributed by atoms with Gasteiger partial charge in [0.2, 0.25) is 5.88 Å². The molecule has 1 aromatic carbocycles. The highest BCUT2D eigenvalue weighted by atomic mass is 32.5. The van der Waals surface area contributed by atoms with E-state index in [2.05, 4.69) is 5.48 Å². The van der Waals surface area contributed by atoms with Gasteiger partial charge in [0.15, 0.2) is 0 Å². The largest absolute Gasteiger partial charge is 0.423 e. The zero-order valence-electron chi connectivity index (χ0n) is 10.5. The molecule has 100 valence electrons. The number of nitrogens with one attached hydrogen (secondary N) is 1. The highest BCUT2D eigenvalue weighted by molar-refractivity contribution is 8.13. The van der Waals surface area contributed by atoms with Gasteiger partial charge in [0, 0.05) is 5.30 Å². The van der Waals surface area contributed by atoms with E-state index < -0.39 is 6.49 Å². The molecule has 0 spiro atoms. The summed E-state index contributed by atoms with van der Waals surface area (Å²) >= 11 is 5.16. The fourth-order valence-electron chi connectivity index (χ4n) is 1.28. The third-order valence-corrected chi connectivity index (χ3v) is 4.38. The highest BCUT2D eigenvalue weighted by Crippen LogP contribution is 2.43. The molecule has 1 atom stereocenters. The summed E-state index contributed by atoms with van der Waals surface area (Å²) in [6.07, 6.45) is 3.59. The Morgan fingerprint density at radius 1 is 1.44 bits per heavy atom. The van der Waals surface area contributed by atoms with Gasteiger partial charge < -0.3 is 9.42 Å². The third-order valence-electron chi connectivity index (χ3n) is 2.13. The predicted molar refractivity (Wildman–Crippen MR) is 76.8 cm³/mol. The van der Waals surface area contributed by atoms with Crippen molar-refractivity contribution in [1.82, 2.24) is 5.48 Å². The Bertz CT molecular complexity index is 436. The average molecular weight is 287 g/mol. The average Bonchev–Trinajstić information content (AvgIpc) is 2.37. The lowest BCUT2D eigenvalue weighted by atomic mass is 10.3. The second-order valence-electron chi connectivity index (χ2n) is 3.61. The highest BCUT2D eigenvalue weighted by Gasteiger charge is 2.19. The minimum absolute atomic E-state index is 0.356. The number of hydrogen-bond donors (Lipinski definition) is 2. The molecule has 0 bridgehead atoms. The molecule has 0 saturated carbocycles. The second-order valence-corrected chi connectivity index (χ2v) is 6.84. The molecule has 0 aromatic heterocycles. The molecule has 0 aliphatic carbocycles. The van der Waals surface area contributed by atoms with Gasteiger partial charge >= 0.3 is 0 Å². The van der Waals surface area contributed by atoms with E-state index in [1.54, 1.807) is 12.1 Å². The molecule has 4 nitrogen and oxygen atoms in total. The van der Waals surface area contributed by atoms with Crippen molar-refractivity contribution in [3.8, 4) is 0 Å². The van der Waals surface area contributed by atoms with E-state index in [1.807, 2.05) is 31.2 Å². The number of unbranched alkanes of at least 4 members (excludes halogenated alkanes) is 1. The fraction of sp³-hybridized carbons (Fsp3) is 0.333. The first-order chi connectivity index (χ1) is 8.60. The summed E-state index contributed by atoms with van der Waals surface area (Å²) in [4.78, 5) is 15.0. The number of hydrogen-bond acceptors (Lipinski definition) is 4. The molecule has 0 radical (unpaired) electrons. The first-order valence-electron chi connectivity index (χ1n) is 5.67. The zero-order valence-corrected chi connectivity index (χ0v) is 12.2. The Morgan fingerprint density at radius 3 is 2.67 bits per heavy atom. The van der Waals surface area contributed by atoms with Crippen LogP contribution in [0.25, 0.3) is 0 Å². The van der Waals surface area contributed by atoms with Gasteiger partial charge in [0.1, 0.15) is 0 Å². The Balaban J connectivity index is 2.82. The first-order valence-corrected chi connectivity index (χ1v) is 8.34. The molecule has 2 N–H and O–H groups in total. The van der Waals surface area contributed by atoms with E-state index in [0.717, 1.165) is 12.8 Å². The smallest absolute Gasteiger partial charge is 0.267 e. The SMILES string of the molecule is CCCC=C(NOC)OP(O)(=S)c1ccccc1.